The molecule has 7 heteroatoms. The third-order valence-electron chi connectivity index (χ3n) is 3.04. The van der Waals surface area contributed by atoms with Crippen molar-refractivity contribution in [3.05, 3.63) is 31.8 Å². The number of nitrogens with one attached hydrogen (secondary N) is 1. The van der Waals surface area contributed by atoms with Crippen LogP contribution in [0.15, 0.2) is 9.59 Å². The van der Waals surface area contributed by atoms with Gasteiger partial charge in [-0.1, -0.05) is 11.6 Å². The molecule has 2 atom stereocenters. The molecule has 1 saturated heterocycles. The average Bonchev–Trinajstić information content (AvgIpc) is 2.67. The molecule has 2 unspecified atom stereocenters. The first-order chi connectivity index (χ1) is 8.00. The van der Waals surface area contributed by atoms with Crippen LogP contribution >= 0.6 is 11.6 Å². The molecule has 2 heterocycles. The largest absolute Gasteiger partial charge is 0.378 e. The summed E-state index contributed by atoms with van der Waals surface area (Å²) in [6, 6.07) is 0. The summed E-state index contributed by atoms with van der Waals surface area (Å²) in [6.07, 6.45) is 0.706. The number of hydrogen-bond acceptors (Lipinski definition) is 3. The zero-order valence-electron chi connectivity index (χ0n) is 9.20. The van der Waals surface area contributed by atoms with Crippen molar-refractivity contribution in [2.24, 2.45) is 5.92 Å². The Morgan fingerprint density at radius 1 is 1.59 bits per heavy atom. The second-order valence-corrected chi connectivity index (χ2v) is 4.48. The lowest BCUT2D eigenvalue weighted by atomic mass is 10.0. The van der Waals surface area contributed by atoms with E-state index >= 15 is 0 Å². The van der Waals surface area contributed by atoms with Crippen molar-refractivity contribution in [1.82, 2.24) is 9.55 Å². The maximum Gasteiger partial charge on any atom is 0.329 e. The molecule has 0 aliphatic carbocycles. The Morgan fingerprint density at radius 3 is 2.88 bits per heavy atom. The Morgan fingerprint density at radius 2 is 2.29 bits per heavy atom. The van der Waals surface area contributed by atoms with Crippen molar-refractivity contribution in [2.75, 3.05) is 6.61 Å². The fourth-order valence-electron chi connectivity index (χ4n) is 1.94. The molecule has 0 bridgehead atoms. The second kappa shape index (κ2) is 4.62. The molecule has 1 aliphatic heterocycles. The van der Waals surface area contributed by atoms with E-state index in [1.165, 1.54) is 0 Å². The highest BCUT2D eigenvalue weighted by Crippen LogP contribution is 2.21. The monoisotopic (exact) mass is 262 g/mol. The smallest absolute Gasteiger partial charge is 0.329 e. The van der Waals surface area contributed by atoms with Gasteiger partial charge in [-0.25, -0.2) is 4.79 Å². The van der Waals surface area contributed by atoms with Gasteiger partial charge < -0.3 is 4.74 Å². The SMILES string of the molecule is CC1OCCC1Cn1c(=O)[nH]c(Cl)c(F)c1=O. The number of hydrogen-bond donors (Lipinski definition) is 1. The Hall–Kier alpha value is -1.14. The van der Waals surface area contributed by atoms with Gasteiger partial charge in [0.15, 0.2) is 5.15 Å². The summed E-state index contributed by atoms with van der Waals surface area (Å²) < 4.78 is 19.4. The zero-order chi connectivity index (χ0) is 12.6. The minimum absolute atomic E-state index is 0.0365. The molecule has 0 radical (unpaired) electrons. The van der Waals surface area contributed by atoms with Crippen LogP contribution in [0.4, 0.5) is 4.39 Å². The molecule has 2 rings (SSSR count). The van der Waals surface area contributed by atoms with E-state index in [1.54, 1.807) is 0 Å². The summed E-state index contributed by atoms with van der Waals surface area (Å²) >= 11 is 5.37. The predicted molar refractivity (Wildman–Crippen MR) is 59.8 cm³/mol. The summed E-state index contributed by atoms with van der Waals surface area (Å²) in [5, 5.41) is -0.549. The predicted octanol–water partition coefficient (Wildman–Crippen LogP) is 0.754. The highest BCUT2D eigenvalue weighted by atomic mass is 35.5. The van der Waals surface area contributed by atoms with Crippen LogP contribution in [-0.4, -0.2) is 22.3 Å². The second-order valence-electron chi connectivity index (χ2n) is 4.10. The van der Waals surface area contributed by atoms with Gasteiger partial charge in [0.05, 0.1) is 6.10 Å². The highest BCUT2D eigenvalue weighted by Gasteiger charge is 2.26. The van der Waals surface area contributed by atoms with Gasteiger partial charge in [-0.2, -0.15) is 4.39 Å². The molecule has 0 aromatic carbocycles. The van der Waals surface area contributed by atoms with Crippen LogP contribution in [0.25, 0.3) is 0 Å². The van der Waals surface area contributed by atoms with E-state index in [0.717, 1.165) is 11.0 Å². The molecule has 17 heavy (non-hydrogen) atoms. The van der Waals surface area contributed by atoms with Crippen molar-refractivity contribution in [3.63, 3.8) is 0 Å². The van der Waals surface area contributed by atoms with Gasteiger partial charge in [0.25, 0.3) is 5.56 Å². The minimum Gasteiger partial charge on any atom is -0.378 e. The first-order valence-electron chi connectivity index (χ1n) is 5.30. The quantitative estimate of drug-likeness (QED) is 0.800. The van der Waals surface area contributed by atoms with Gasteiger partial charge >= 0.3 is 5.69 Å². The Kier molecular flexibility index (Phi) is 3.35. The normalized spacial score (nSPS) is 24.2. The van der Waals surface area contributed by atoms with E-state index in [2.05, 4.69) is 4.98 Å². The van der Waals surface area contributed by atoms with Crippen molar-refractivity contribution in [2.45, 2.75) is 26.0 Å². The minimum atomic E-state index is -1.13. The maximum atomic E-state index is 13.3. The van der Waals surface area contributed by atoms with Crippen LogP contribution < -0.4 is 11.2 Å². The van der Waals surface area contributed by atoms with Crippen LogP contribution in [0.1, 0.15) is 13.3 Å². The lowest BCUT2D eigenvalue weighted by Crippen LogP contribution is -2.39. The Bertz CT molecular complexity index is 539. The zero-order valence-corrected chi connectivity index (χ0v) is 9.96. The topological polar surface area (TPSA) is 64.1 Å². The lowest BCUT2D eigenvalue weighted by Gasteiger charge is -2.14. The number of rotatable bonds is 2. The molecule has 0 amide bonds. The summed E-state index contributed by atoms with van der Waals surface area (Å²) in [6.45, 7) is 2.60. The average molecular weight is 263 g/mol. The maximum absolute atomic E-state index is 13.3. The van der Waals surface area contributed by atoms with Gasteiger partial charge in [-0.3, -0.25) is 14.3 Å². The number of H-pyrrole nitrogens is 1. The van der Waals surface area contributed by atoms with E-state index < -0.39 is 22.2 Å². The van der Waals surface area contributed by atoms with Gasteiger partial charge in [0.2, 0.25) is 5.82 Å². The fourth-order valence-corrected chi connectivity index (χ4v) is 2.10. The molecule has 5 nitrogen and oxygen atoms in total. The lowest BCUT2D eigenvalue weighted by molar-refractivity contribution is 0.101. The van der Waals surface area contributed by atoms with Gasteiger partial charge in [-0.15, -0.1) is 0 Å². The molecule has 0 saturated carbocycles. The van der Waals surface area contributed by atoms with E-state index in [0.29, 0.717) is 6.61 Å². The molecule has 1 aromatic rings. The molecular weight excluding hydrogens is 251 g/mol. The molecular formula is C10H12ClFN2O3. The van der Waals surface area contributed by atoms with Crippen molar-refractivity contribution in [1.29, 1.82) is 0 Å². The van der Waals surface area contributed by atoms with Crippen LogP contribution in [0.3, 0.4) is 0 Å². The third-order valence-corrected chi connectivity index (χ3v) is 3.30. The van der Waals surface area contributed by atoms with Crippen LogP contribution in [0.5, 0.6) is 0 Å². The van der Waals surface area contributed by atoms with E-state index in [4.69, 9.17) is 16.3 Å². The van der Waals surface area contributed by atoms with Gasteiger partial charge in [0, 0.05) is 19.1 Å². The van der Waals surface area contributed by atoms with Gasteiger partial charge in [-0.05, 0) is 13.3 Å². The number of aromatic nitrogens is 2. The summed E-state index contributed by atoms with van der Waals surface area (Å²) in [7, 11) is 0. The highest BCUT2D eigenvalue weighted by molar-refractivity contribution is 6.29. The summed E-state index contributed by atoms with van der Waals surface area (Å²) in [5.41, 5.74) is -1.68. The third kappa shape index (κ3) is 2.28. The van der Waals surface area contributed by atoms with Crippen molar-refractivity contribution < 1.29 is 9.13 Å². The Balaban J connectivity index is 2.36. The van der Waals surface area contributed by atoms with Crippen LogP contribution in [0.2, 0.25) is 5.15 Å². The van der Waals surface area contributed by atoms with E-state index in [-0.39, 0.29) is 18.6 Å². The van der Waals surface area contributed by atoms with E-state index in [9.17, 15) is 14.0 Å². The first kappa shape index (κ1) is 12.3. The number of halogens is 2. The molecule has 1 fully saturated rings. The summed E-state index contributed by atoms with van der Waals surface area (Å²) in [5.74, 6) is -1.09. The first-order valence-corrected chi connectivity index (χ1v) is 5.68. The van der Waals surface area contributed by atoms with Crippen molar-refractivity contribution in [3.8, 4) is 0 Å². The van der Waals surface area contributed by atoms with E-state index in [1.807, 2.05) is 6.92 Å². The molecule has 1 aliphatic rings. The number of ether oxygens (including phenoxy) is 1. The standard InChI is InChI=1S/C10H12ClFN2O3/c1-5-6(2-3-17-5)4-14-9(15)7(12)8(11)13-10(14)16/h5-6H,2-4H2,1H3,(H,13,16). The van der Waals surface area contributed by atoms with Crippen LogP contribution in [0, 0.1) is 11.7 Å². The van der Waals surface area contributed by atoms with Crippen LogP contribution in [-0.2, 0) is 11.3 Å². The summed E-state index contributed by atoms with van der Waals surface area (Å²) in [4.78, 5) is 25.2. The molecule has 1 aromatic heterocycles. The Labute approximate surface area is 101 Å². The number of aromatic amines is 1. The fraction of sp³-hybridized carbons (Fsp3) is 0.600. The number of nitrogens with zero attached hydrogens (tertiary/aromatic N) is 1. The molecule has 1 N–H and O–H groups in total. The molecule has 0 spiro atoms. The van der Waals surface area contributed by atoms with Gasteiger partial charge in [0.1, 0.15) is 0 Å². The van der Waals surface area contributed by atoms with Crippen molar-refractivity contribution >= 4 is 11.6 Å². The molecule has 94 valence electrons.